The van der Waals surface area contributed by atoms with E-state index >= 15 is 0 Å². The quantitative estimate of drug-likeness (QED) is 0.219. The number of carboxylic acids is 1. The third kappa shape index (κ3) is 12.9. The fourth-order valence-electron chi connectivity index (χ4n) is 2.86. The first kappa shape index (κ1) is 23.7. The smallest absolute Gasteiger partial charge is 0.330 e. The minimum atomic E-state index is -0.978. The number of rotatable bonds is 15. The van der Waals surface area contributed by atoms with Gasteiger partial charge < -0.3 is 9.84 Å². The fourth-order valence-corrected chi connectivity index (χ4v) is 2.86. The van der Waals surface area contributed by atoms with Crippen LogP contribution in [0.15, 0.2) is 36.4 Å². The second kappa shape index (κ2) is 15.7. The Bertz CT molecular complexity index is 614. The van der Waals surface area contributed by atoms with Gasteiger partial charge in [0.1, 0.15) is 0 Å². The van der Waals surface area contributed by atoms with Crippen molar-refractivity contribution < 1.29 is 19.4 Å². The SMILES string of the molecule is CCCCCCCCCCCCOC(=O)C=Cc1ccc(C=CC(=O)O)cc1. The van der Waals surface area contributed by atoms with Crippen molar-refractivity contribution in [3.05, 3.63) is 47.5 Å². The Morgan fingerprint density at radius 2 is 1.25 bits per heavy atom. The molecule has 0 amide bonds. The summed E-state index contributed by atoms with van der Waals surface area (Å²) in [6.45, 7) is 2.71. The van der Waals surface area contributed by atoms with Gasteiger partial charge in [-0.15, -0.1) is 0 Å². The minimum Gasteiger partial charge on any atom is -0.478 e. The van der Waals surface area contributed by atoms with E-state index in [1.165, 1.54) is 63.5 Å². The van der Waals surface area contributed by atoms with Gasteiger partial charge in [0.25, 0.3) is 0 Å². The highest BCUT2D eigenvalue weighted by molar-refractivity contribution is 5.87. The van der Waals surface area contributed by atoms with Gasteiger partial charge in [-0.25, -0.2) is 9.59 Å². The zero-order valence-electron chi connectivity index (χ0n) is 17.1. The standard InChI is InChI=1S/C24H34O4/c1-2-3-4-5-6-7-8-9-10-11-20-28-24(27)19-17-22-14-12-21(13-15-22)16-18-23(25)26/h12-19H,2-11,20H2,1H3,(H,25,26). The van der Waals surface area contributed by atoms with E-state index in [-0.39, 0.29) is 5.97 Å². The Kier molecular flexibility index (Phi) is 13.3. The van der Waals surface area contributed by atoms with Crippen LogP contribution >= 0.6 is 0 Å². The number of carbonyl (C=O) groups is 2. The summed E-state index contributed by atoms with van der Waals surface area (Å²) in [6.07, 6.45) is 18.3. The molecule has 4 heteroatoms. The van der Waals surface area contributed by atoms with E-state index in [2.05, 4.69) is 6.92 Å². The number of ether oxygens (including phenoxy) is 1. The molecule has 0 bridgehead atoms. The molecule has 0 fully saturated rings. The molecule has 0 spiro atoms. The molecule has 0 aliphatic heterocycles. The first-order valence-electron chi connectivity index (χ1n) is 10.5. The summed E-state index contributed by atoms with van der Waals surface area (Å²) in [4.78, 5) is 22.2. The van der Waals surface area contributed by atoms with E-state index in [1.807, 2.05) is 12.1 Å². The third-order valence-electron chi connectivity index (χ3n) is 4.51. The van der Waals surface area contributed by atoms with Crippen molar-refractivity contribution in [1.82, 2.24) is 0 Å². The molecule has 154 valence electrons. The molecule has 28 heavy (non-hydrogen) atoms. The van der Waals surface area contributed by atoms with Crippen LogP contribution in [0.25, 0.3) is 12.2 Å². The number of unbranched alkanes of at least 4 members (excludes halogenated alkanes) is 9. The van der Waals surface area contributed by atoms with Crippen molar-refractivity contribution in [2.45, 2.75) is 71.1 Å². The highest BCUT2D eigenvalue weighted by Crippen LogP contribution is 2.11. The molecule has 0 aliphatic carbocycles. The normalized spacial score (nSPS) is 11.3. The van der Waals surface area contributed by atoms with Crippen LogP contribution in [-0.2, 0) is 14.3 Å². The largest absolute Gasteiger partial charge is 0.478 e. The number of benzene rings is 1. The summed E-state index contributed by atoms with van der Waals surface area (Å²) in [7, 11) is 0. The van der Waals surface area contributed by atoms with Gasteiger partial charge in [0.15, 0.2) is 0 Å². The first-order valence-corrected chi connectivity index (χ1v) is 10.5. The lowest BCUT2D eigenvalue weighted by molar-refractivity contribution is -0.137. The molecule has 1 N–H and O–H groups in total. The Labute approximate surface area is 169 Å². The third-order valence-corrected chi connectivity index (χ3v) is 4.51. The summed E-state index contributed by atoms with van der Waals surface area (Å²) in [5.41, 5.74) is 1.66. The highest BCUT2D eigenvalue weighted by Gasteiger charge is 1.98. The Hall–Kier alpha value is -2.36. The van der Waals surface area contributed by atoms with Crippen LogP contribution < -0.4 is 0 Å². The lowest BCUT2D eigenvalue weighted by Gasteiger charge is -2.03. The van der Waals surface area contributed by atoms with Crippen molar-refractivity contribution >= 4 is 24.1 Å². The van der Waals surface area contributed by atoms with E-state index in [0.29, 0.717) is 6.61 Å². The summed E-state index contributed by atoms with van der Waals surface area (Å²) in [6, 6.07) is 7.25. The van der Waals surface area contributed by atoms with Gasteiger partial charge in [-0.2, -0.15) is 0 Å². The van der Waals surface area contributed by atoms with Crippen LogP contribution in [0.5, 0.6) is 0 Å². The highest BCUT2D eigenvalue weighted by atomic mass is 16.5. The van der Waals surface area contributed by atoms with Crippen LogP contribution in [0.2, 0.25) is 0 Å². The second-order valence-electron chi connectivity index (χ2n) is 7.02. The maximum atomic E-state index is 11.7. The average Bonchev–Trinajstić information content (AvgIpc) is 2.69. The molecule has 0 aliphatic rings. The molecule has 1 rings (SSSR count). The number of aliphatic carboxylic acids is 1. The number of hydrogen-bond acceptors (Lipinski definition) is 3. The van der Waals surface area contributed by atoms with Gasteiger partial charge in [-0.3, -0.25) is 0 Å². The summed E-state index contributed by atoms with van der Waals surface area (Å²) in [5, 5.41) is 8.60. The molecular weight excluding hydrogens is 352 g/mol. The Balaban J connectivity index is 2.09. The van der Waals surface area contributed by atoms with E-state index in [4.69, 9.17) is 9.84 Å². The first-order chi connectivity index (χ1) is 13.6. The summed E-state index contributed by atoms with van der Waals surface area (Å²) >= 11 is 0. The molecule has 1 aromatic carbocycles. The average molecular weight is 387 g/mol. The van der Waals surface area contributed by atoms with Gasteiger partial charge in [0.05, 0.1) is 6.61 Å². The Morgan fingerprint density at radius 3 is 1.75 bits per heavy atom. The van der Waals surface area contributed by atoms with Gasteiger partial charge in [0.2, 0.25) is 0 Å². The van der Waals surface area contributed by atoms with E-state index < -0.39 is 5.97 Å². The maximum absolute atomic E-state index is 11.7. The van der Waals surface area contributed by atoms with Crippen molar-refractivity contribution in [1.29, 1.82) is 0 Å². The molecule has 0 atom stereocenters. The second-order valence-corrected chi connectivity index (χ2v) is 7.02. The maximum Gasteiger partial charge on any atom is 0.330 e. The van der Waals surface area contributed by atoms with E-state index in [1.54, 1.807) is 18.2 Å². The van der Waals surface area contributed by atoms with Crippen LogP contribution in [0, 0.1) is 0 Å². The van der Waals surface area contributed by atoms with Gasteiger partial charge >= 0.3 is 11.9 Å². The number of carbonyl (C=O) groups excluding carboxylic acids is 1. The molecule has 1 aromatic rings. The summed E-state index contributed by atoms with van der Waals surface area (Å²) in [5.74, 6) is -1.31. The van der Waals surface area contributed by atoms with Crippen LogP contribution in [0.3, 0.4) is 0 Å². The topological polar surface area (TPSA) is 63.6 Å². The molecule has 4 nitrogen and oxygen atoms in total. The van der Waals surface area contributed by atoms with E-state index in [0.717, 1.165) is 30.0 Å². The predicted molar refractivity (Wildman–Crippen MR) is 115 cm³/mol. The number of carboxylic acid groups (broad SMARTS) is 1. The van der Waals surface area contributed by atoms with Crippen LogP contribution in [-0.4, -0.2) is 23.7 Å². The fraction of sp³-hybridized carbons (Fsp3) is 0.500. The number of esters is 1. The lowest BCUT2D eigenvalue weighted by atomic mass is 10.1. The molecule has 0 heterocycles. The van der Waals surface area contributed by atoms with Crippen molar-refractivity contribution in [2.24, 2.45) is 0 Å². The van der Waals surface area contributed by atoms with E-state index in [9.17, 15) is 9.59 Å². The van der Waals surface area contributed by atoms with Crippen molar-refractivity contribution in [2.75, 3.05) is 6.61 Å². The molecule has 0 unspecified atom stereocenters. The van der Waals surface area contributed by atoms with Gasteiger partial charge in [-0.1, -0.05) is 89.0 Å². The molecular formula is C24H34O4. The monoisotopic (exact) mass is 386 g/mol. The van der Waals surface area contributed by atoms with Crippen LogP contribution in [0.1, 0.15) is 82.3 Å². The van der Waals surface area contributed by atoms with Crippen molar-refractivity contribution in [3.8, 4) is 0 Å². The predicted octanol–water partition coefficient (Wildman–Crippen LogP) is 6.26. The van der Waals surface area contributed by atoms with Gasteiger partial charge in [-0.05, 0) is 29.7 Å². The zero-order chi connectivity index (χ0) is 20.5. The minimum absolute atomic E-state index is 0.328. The zero-order valence-corrected chi connectivity index (χ0v) is 17.1. The summed E-state index contributed by atoms with van der Waals surface area (Å²) < 4.78 is 5.22. The lowest BCUT2D eigenvalue weighted by Crippen LogP contribution is -2.02. The molecule has 0 saturated carbocycles. The van der Waals surface area contributed by atoms with Crippen LogP contribution in [0.4, 0.5) is 0 Å². The molecule has 0 saturated heterocycles. The number of hydrogen-bond donors (Lipinski definition) is 1. The molecule has 0 aromatic heterocycles. The Morgan fingerprint density at radius 1 is 0.786 bits per heavy atom. The van der Waals surface area contributed by atoms with Gasteiger partial charge in [0, 0.05) is 12.2 Å². The molecule has 0 radical (unpaired) electrons. The van der Waals surface area contributed by atoms with Crippen molar-refractivity contribution in [3.63, 3.8) is 0 Å².